The number of anilines is 2. The molecule has 0 radical (unpaired) electrons. The summed E-state index contributed by atoms with van der Waals surface area (Å²) in [5, 5.41) is 12.0. The lowest BCUT2D eigenvalue weighted by Gasteiger charge is -2.09. The summed E-state index contributed by atoms with van der Waals surface area (Å²) in [5.74, 6) is -1.03. The van der Waals surface area contributed by atoms with Crippen LogP contribution in [0.3, 0.4) is 0 Å². The normalized spacial score (nSPS) is 10.1. The number of benzene rings is 1. The molecule has 0 aliphatic heterocycles. The number of aryl methyl sites for hydroxylation is 1. The number of hydrogen-bond acceptors (Lipinski definition) is 3. The SMILES string of the molecule is Cc1ccc(Br)cc1Nc1ccc(C(=O)O)nc1. The van der Waals surface area contributed by atoms with Crippen molar-refractivity contribution in [1.82, 2.24) is 4.98 Å². The Hall–Kier alpha value is -1.88. The van der Waals surface area contributed by atoms with Gasteiger partial charge in [-0.15, -0.1) is 0 Å². The Balaban J connectivity index is 2.23. The zero-order valence-electron chi connectivity index (χ0n) is 9.64. The van der Waals surface area contributed by atoms with Crippen LogP contribution in [0, 0.1) is 6.92 Å². The van der Waals surface area contributed by atoms with E-state index < -0.39 is 5.97 Å². The van der Waals surface area contributed by atoms with Crippen molar-refractivity contribution in [2.24, 2.45) is 0 Å². The van der Waals surface area contributed by atoms with E-state index in [0.29, 0.717) is 0 Å². The first kappa shape index (κ1) is 12.6. The third-order valence-corrected chi connectivity index (χ3v) is 2.95. The Labute approximate surface area is 113 Å². The standard InChI is InChI=1S/C13H11BrN2O2/c1-8-2-3-9(14)6-12(8)16-10-4-5-11(13(17)18)15-7-10/h2-7,16H,1H3,(H,17,18). The summed E-state index contributed by atoms with van der Waals surface area (Å²) in [4.78, 5) is 14.5. The van der Waals surface area contributed by atoms with Gasteiger partial charge in [0.1, 0.15) is 5.69 Å². The minimum Gasteiger partial charge on any atom is -0.477 e. The van der Waals surface area contributed by atoms with Gasteiger partial charge in [-0.05, 0) is 36.8 Å². The lowest BCUT2D eigenvalue weighted by Crippen LogP contribution is -2.00. The molecule has 0 spiro atoms. The van der Waals surface area contributed by atoms with Crippen LogP contribution < -0.4 is 5.32 Å². The summed E-state index contributed by atoms with van der Waals surface area (Å²) in [7, 11) is 0. The maximum Gasteiger partial charge on any atom is 0.354 e. The van der Waals surface area contributed by atoms with Crippen LogP contribution in [0.2, 0.25) is 0 Å². The second kappa shape index (κ2) is 5.18. The molecule has 1 aromatic carbocycles. The zero-order chi connectivity index (χ0) is 13.1. The van der Waals surface area contributed by atoms with Crippen LogP contribution in [0.5, 0.6) is 0 Å². The molecular formula is C13H11BrN2O2. The predicted molar refractivity (Wildman–Crippen MR) is 73.4 cm³/mol. The third kappa shape index (κ3) is 2.87. The van der Waals surface area contributed by atoms with E-state index in [-0.39, 0.29) is 5.69 Å². The molecule has 0 aliphatic carbocycles. The molecule has 5 heteroatoms. The molecule has 92 valence electrons. The smallest absolute Gasteiger partial charge is 0.354 e. The summed E-state index contributed by atoms with van der Waals surface area (Å²) in [6, 6.07) is 9.08. The van der Waals surface area contributed by atoms with E-state index in [9.17, 15) is 4.79 Å². The predicted octanol–water partition coefficient (Wildman–Crippen LogP) is 3.59. The lowest BCUT2D eigenvalue weighted by atomic mass is 10.2. The monoisotopic (exact) mass is 306 g/mol. The van der Waals surface area contributed by atoms with Crippen molar-refractivity contribution in [3.05, 3.63) is 52.3 Å². The average Bonchev–Trinajstić information content (AvgIpc) is 2.34. The van der Waals surface area contributed by atoms with Crippen molar-refractivity contribution in [3.8, 4) is 0 Å². The topological polar surface area (TPSA) is 62.2 Å². The van der Waals surface area contributed by atoms with Crippen LogP contribution in [0.25, 0.3) is 0 Å². The van der Waals surface area contributed by atoms with Gasteiger partial charge < -0.3 is 10.4 Å². The zero-order valence-corrected chi connectivity index (χ0v) is 11.2. The Morgan fingerprint density at radius 1 is 1.33 bits per heavy atom. The molecule has 2 N–H and O–H groups in total. The molecule has 0 saturated heterocycles. The molecule has 0 saturated carbocycles. The van der Waals surface area contributed by atoms with Crippen molar-refractivity contribution in [3.63, 3.8) is 0 Å². The molecule has 4 nitrogen and oxygen atoms in total. The summed E-state index contributed by atoms with van der Waals surface area (Å²) in [6.45, 7) is 1.99. The third-order valence-electron chi connectivity index (χ3n) is 2.46. The summed E-state index contributed by atoms with van der Waals surface area (Å²) in [5.41, 5.74) is 2.84. The van der Waals surface area contributed by atoms with Gasteiger partial charge in [0.2, 0.25) is 0 Å². The van der Waals surface area contributed by atoms with Gasteiger partial charge in [-0.1, -0.05) is 22.0 Å². The van der Waals surface area contributed by atoms with E-state index in [1.54, 1.807) is 6.07 Å². The number of carboxylic acid groups (broad SMARTS) is 1. The number of nitrogens with zero attached hydrogens (tertiary/aromatic N) is 1. The fraction of sp³-hybridized carbons (Fsp3) is 0.0769. The van der Waals surface area contributed by atoms with Crippen LogP contribution >= 0.6 is 15.9 Å². The second-order valence-electron chi connectivity index (χ2n) is 3.82. The molecule has 0 aliphatic rings. The van der Waals surface area contributed by atoms with Crippen molar-refractivity contribution in [2.45, 2.75) is 6.92 Å². The maximum atomic E-state index is 10.7. The van der Waals surface area contributed by atoms with Gasteiger partial charge in [0.05, 0.1) is 11.9 Å². The number of aromatic carboxylic acids is 1. The molecule has 1 heterocycles. The fourth-order valence-electron chi connectivity index (χ4n) is 1.48. The molecule has 2 rings (SSSR count). The van der Waals surface area contributed by atoms with Gasteiger partial charge in [-0.2, -0.15) is 0 Å². The minimum absolute atomic E-state index is 0.0338. The number of pyridine rings is 1. The van der Waals surface area contributed by atoms with E-state index in [4.69, 9.17) is 5.11 Å². The minimum atomic E-state index is -1.03. The Bertz CT molecular complexity index is 582. The number of halogens is 1. The number of carboxylic acids is 1. The molecule has 2 aromatic rings. The average molecular weight is 307 g/mol. The molecule has 1 aromatic heterocycles. The van der Waals surface area contributed by atoms with Crippen LogP contribution in [0.4, 0.5) is 11.4 Å². The number of aromatic nitrogens is 1. The highest BCUT2D eigenvalue weighted by molar-refractivity contribution is 9.10. The fourth-order valence-corrected chi connectivity index (χ4v) is 1.84. The van der Waals surface area contributed by atoms with E-state index in [1.807, 2.05) is 25.1 Å². The molecule has 18 heavy (non-hydrogen) atoms. The van der Waals surface area contributed by atoms with Gasteiger partial charge in [-0.3, -0.25) is 0 Å². The maximum absolute atomic E-state index is 10.7. The van der Waals surface area contributed by atoms with Gasteiger partial charge >= 0.3 is 5.97 Å². The molecule has 0 atom stereocenters. The van der Waals surface area contributed by atoms with E-state index in [0.717, 1.165) is 21.4 Å². The van der Waals surface area contributed by atoms with Crippen molar-refractivity contribution in [2.75, 3.05) is 5.32 Å². The Kier molecular flexibility index (Phi) is 3.62. The van der Waals surface area contributed by atoms with Crippen LogP contribution in [0.15, 0.2) is 41.0 Å². The van der Waals surface area contributed by atoms with Gasteiger partial charge in [0.25, 0.3) is 0 Å². The Morgan fingerprint density at radius 3 is 2.72 bits per heavy atom. The quantitative estimate of drug-likeness (QED) is 0.909. The highest BCUT2D eigenvalue weighted by atomic mass is 79.9. The molecule has 0 fully saturated rings. The van der Waals surface area contributed by atoms with Crippen LogP contribution in [-0.4, -0.2) is 16.1 Å². The van der Waals surface area contributed by atoms with E-state index in [1.165, 1.54) is 12.3 Å². The second-order valence-corrected chi connectivity index (χ2v) is 4.74. The van der Waals surface area contributed by atoms with Crippen molar-refractivity contribution < 1.29 is 9.90 Å². The number of rotatable bonds is 3. The van der Waals surface area contributed by atoms with Gasteiger partial charge in [0, 0.05) is 10.2 Å². The first-order valence-corrected chi connectivity index (χ1v) is 6.08. The highest BCUT2D eigenvalue weighted by Gasteiger charge is 2.04. The molecule has 0 amide bonds. The van der Waals surface area contributed by atoms with Crippen molar-refractivity contribution in [1.29, 1.82) is 0 Å². The molecular weight excluding hydrogens is 296 g/mol. The first-order chi connectivity index (χ1) is 8.56. The number of carbonyl (C=O) groups is 1. The first-order valence-electron chi connectivity index (χ1n) is 5.29. The summed E-state index contributed by atoms with van der Waals surface area (Å²) >= 11 is 3.41. The Morgan fingerprint density at radius 2 is 2.11 bits per heavy atom. The number of nitrogens with one attached hydrogen (secondary N) is 1. The molecule has 0 unspecified atom stereocenters. The van der Waals surface area contributed by atoms with E-state index in [2.05, 4.69) is 26.2 Å². The van der Waals surface area contributed by atoms with Gasteiger partial charge in [0.15, 0.2) is 0 Å². The van der Waals surface area contributed by atoms with Crippen LogP contribution in [0.1, 0.15) is 16.1 Å². The lowest BCUT2D eigenvalue weighted by molar-refractivity contribution is 0.0690. The van der Waals surface area contributed by atoms with Crippen molar-refractivity contribution >= 4 is 33.3 Å². The van der Waals surface area contributed by atoms with Gasteiger partial charge in [-0.25, -0.2) is 9.78 Å². The number of hydrogen-bond donors (Lipinski definition) is 2. The highest BCUT2D eigenvalue weighted by Crippen LogP contribution is 2.24. The van der Waals surface area contributed by atoms with E-state index >= 15 is 0 Å². The summed E-state index contributed by atoms with van der Waals surface area (Å²) in [6.07, 6.45) is 1.50. The largest absolute Gasteiger partial charge is 0.477 e. The summed E-state index contributed by atoms with van der Waals surface area (Å²) < 4.78 is 0.978. The molecule has 0 bridgehead atoms. The van der Waals surface area contributed by atoms with Crippen LogP contribution in [-0.2, 0) is 0 Å².